The molecule has 20 heavy (non-hydrogen) atoms. The van der Waals surface area contributed by atoms with Gasteiger partial charge in [0.15, 0.2) is 0 Å². The maximum Gasteiger partial charge on any atom is 0.275 e. The first-order chi connectivity index (χ1) is 8.94. The Morgan fingerprint density at radius 2 is 1.90 bits per heavy atom. The second kappa shape index (κ2) is 5.65. The molecule has 0 radical (unpaired) electrons. The van der Waals surface area contributed by atoms with Crippen molar-refractivity contribution in [1.29, 1.82) is 0 Å². The molecule has 0 spiro atoms. The van der Waals surface area contributed by atoms with E-state index < -0.39 is 20.5 Å². The summed E-state index contributed by atoms with van der Waals surface area (Å²) in [6, 6.07) is 2.08. The smallest absolute Gasteiger partial charge is 0.275 e. The number of sulfonamides is 1. The average Bonchev–Trinajstić information content (AvgIpc) is 2.28. The van der Waals surface area contributed by atoms with Crippen LogP contribution >= 0.6 is 11.6 Å². The zero-order valence-corrected chi connectivity index (χ0v) is 13.0. The first kappa shape index (κ1) is 16.8. The number of halogens is 1. The van der Waals surface area contributed by atoms with Crippen LogP contribution in [0.4, 0.5) is 5.69 Å². The number of nitrogens with zero attached hydrogens (tertiary/aromatic N) is 1. The molecule has 112 valence electrons. The Kier molecular flexibility index (Phi) is 4.75. The largest absolute Gasteiger partial charge is 0.281 e. The molecule has 0 saturated carbocycles. The van der Waals surface area contributed by atoms with Crippen LogP contribution in [0, 0.1) is 17.0 Å². The lowest BCUT2D eigenvalue weighted by Gasteiger charge is -2.19. The van der Waals surface area contributed by atoms with Crippen molar-refractivity contribution < 1.29 is 18.2 Å². The molecule has 7 nitrogen and oxygen atoms in total. The van der Waals surface area contributed by atoms with Crippen LogP contribution in [0.5, 0.6) is 0 Å². The van der Waals surface area contributed by atoms with E-state index in [-0.39, 0.29) is 21.2 Å². The molecule has 0 aliphatic rings. The normalized spacial score (nSPS) is 12.4. The SMILES string of the molecule is Cc1c(Cl)cc(S(=O)(=O)NOC(C)(C)C)cc1[N+](=O)[O-]. The van der Waals surface area contributed by atoms with Gasteiger partial charge in [-0.05, 0) is 33.8 Å². The summed E-state index contributed by atoms with van der Waals surface area (Å²) in [4.78, 5) is 16.7. The van der Waals surface area contributed by atoms with Gasteiger partial charge < -0.3 is 0 Å². The molecule has 0 bridgehead atoms. The molecular weight excluding hydrogens is 308 g/mol. The van der Waals surface area contributed by atoms with Crippen molar-refractivity contribution in [3.05, 3.63) is 32.8 Å². The molecule has 9 heteroatoms. The summed E-state index contributed by atoms with van der Waals surface area (Å²) in [5, 5.41) is 10.9. The number of hydrogen-bond acceptors (Lipinski definition) is 5. The molecule has 0 atom stereocenters. The summed E-state index contributed by atoms with van der Waals surface area (Å²) in [6.45, 7) is 6.40. The number of nitro benzene ring substituents is 1. The fourth-order valence-corrected chi connectivity index (χ4v) is 2.49. The van der Waals surface area contributed by atoms with E-state index in [1.165, 1.54) is 6.92 Å². The fourth-order valence-electron chi connectivity index (χ4n) is 1.21. The Morgan fingerprint density at radius 1 is 1.35 bits per heavy atom. The molecule has 0 aromatic heterocycles. The van der Waals surface area contributed by atoms with Crippen molar-refractivity contribution in [1.82, 2.24) is 4.89 Å². The van der Waals surface area contributed by atoms with Crippen LogP contribution in [0.2, 0.25) is 5.02 Å². The van der Waals surface area contributed by atoms with Crippen LogP contribution in [-0.4, -0.2) is 18.9 Å². The summed E-state index contributed by atoms with van der Waals surface area (Å²) in [7, 11) is -4.05. The lowest BCUT2D eigenvalue weighted by atomic mass is 10.2. The van der Waals surface area contributed by atoms with Gasteiger partial charge in [0.05, 0.1) is 20.4 Å². The zero-order chi connectivity index (χ0) is 15.7. The summed E-state index contributed by atoms with van der Waals surface area (Å²) >= 11 is 5.82. The number of rotatable bonds is 4. The third-order valence-corrected chi connectivity index (χ3v) is 3.81. The number of nitrogens with one attached hydrogen (secondary N) is 1. The topological polar surface area (TPSA) is 98.5 Å². The van der Waals surface area contributed by atoms with E-state index >= 15 is 0 Å². The number of nitro groups is 1. The first-order valence-corrected chi connectivity index (χ1v) is 7.44. The van der Waals surface area contributed by atoms with Crippen molar-refractivity contribution in [2.24, 2.45) is 0 Å². The molecule has 0 amide bonds. The Hall–Kier alpha value is -1.22. The summed E-state index contributed by atoms with van der Waals surface area (Å²) in [5.74, 6) is 0. The van der Waals surface area contributed by atoms with Gasteiger partial charge in [0.2, 0.25) is 0 Å². The maximum absolute atomic E-state index is 12.0. The maximum atomic E-state index is 12.0. The van der Waals surface area contributed by atoms with Gasteiger partial charge in [0.25, 0.3) is 15.7 Å². The molecule has 1 N–H and O–H groups in total. The molecule has 0 heterocycles. The van der Waals surface area contributed by atoms with Crippen LogP contribution < -0.4 is 4.89 Å². The van der Waals surface area contributed by atoms with Gasteiger partial charge >= 0.3 is 0 Å². The monoisotopic (exact) mass is 322 g/mol. The minimum atomic E-state index is -4.05. The van der Waals surface area contributed by atoms with Gasteiger partial charge in [-0.2, -0.15) is 0 Å². The van der Waals surface area contributed by atoms with E-state index in [2.05, 4.69) is 0 Å². The van der Waals surface area contributed by atoms with Crippen molar-refractivity contribution in [2.75, 3.05) is 0 Å². The average molecular weight is 323 g/mol. The molecule has 0 aliphatic carbocycles. The van der Waals surface area contributed by atoms with E-state index in [4.69, 9.17) is 16.4 Å². The van der Waals surface area contributed by atoms with Crippen LogP contribution in [-0.2, 0) is 14.9 Å². The lowest BCUT2D eigenvalue weighted by Crippen LogP contribution is -2.33. The van der Waals surface area contributed by atoms with Crippen molar-refractivity contribution >= 4 is 27.3 Å². The highest BCUT2D eigenvalue weighted by atomic mass is 35.5. The zero-order valence-electron chi connectivity index (χ0n) is 11.4. The van der Waals surface area contributed by atoms with Gasteiger partial charge in [-0.15, -0.1) is 0 Å². The molecule has 1 aromatic rings. The van der Waals surface area contributed by atoms with E-state index in [0.717, 1.165) is 12.1 Å². The predicted molar refractivity (Wildman–Crippen MR) is 74.0 cm³/mol. The first-order valence-electron chi connectivity index (χ1n) is 5.58. The van der Waals surface area contributed by atoms with Crippen LogP contribution in [0.1, 0.15) is 26.3 Å². The van der Waals surface area contributed by atoms with E-state index in [0.29, 0.717) is 0 Å². The highest BCUT2D eigenvalue weighted by Crippen LogP contribution is 2.29. The molecule has 0 fully saturated rings. The van der Waals surface area contributed by atoms with Crippen molar-refractivity contribution in [3.8, 4) is 0 Å². The van der Waals surface area contributed by atoms with Gasteiger partial charge in [-0.1, -0.05) is 16.5 Å². The molecule has 1 aromatic carbocycles. The number of benzene rings is 1. The minimum absolute atomic E-state index is 0.00432. The Morgan fingerprint density at radius 3 is 2.35 bits per heavy atom. The van der Waals surface area contributed by atoms with Crippen molar-refractivity contribution in [2.45, 2.75) is 38.2 Å². The third kappa shape index (κ3) is 4.14. The fraction of sp³-hybridized carbons (Fsp3) is 0.455. The van der Waals surface area contributed by atoms with E-state index in [1.54, 1.807) is 20.8 Å². The minimum Gasteiger partial charge on any atom is -0.281 e. The predicted octanol–water partition coefficient (Wildman–Crippen LogP) is 2.57. The molecular formula is C11H15ClN2O5S. The quantitative estimate of drug-likeness (QED) is 0.678. The molecule has 0 saturated heterocycles. The highest BCUT2D eigenvalue weighted by molar-refractivity contribution is 7.89. The molecule has 0 aliphatic heterocycles. The van der Waals surface area contributed by atoms with Gasteiger partial charge in [0, 0.05) is 11.6 Å². The molecule has 1 rings (SSSR count). The lowest BCUT2D eigenvalue weighted by molar-refractivity contribution is -0.385. The number of hydrogen-bond donors (Lipinski definition) is 1. The second-order valence-electron chi connectivity index (χ2n) is 5.11. The summed E-state index contributed by atoms with van der Waals surface area (Å²) in [6.07, 6.45) is 0. The van der Waals surface area contributed by atoms with Crippen LogP contribution in [0.15, 0.2) is 17.0 Å². The Labute approximate surface area is 122 Å². The molecule has 0 unspecified atom stereocenters. The summed E-state index contributed by atoms with van der Waals surface area (Å²) in [5.41, 5.74) is -0.908. The van der Waals surface area contributed by atoms with Crippen LogP contribution in [0.25, 0.3) is 0 Å². The van der Waals surface area contributed by atoms with Crippen LogP contribution in [0.3, 0.4) is 0 Å². The Bertz CT molecular complexity index is 637. The van der Waals surface area contributed by atoms with E-state index in [9.17, 15) is 18.5 Å². The van der Waals surface area contributed by atoms with Crippen molar-refractivity contribution in [3.63, 3.8) is 0 Å². The summed E-state index contributed by atoms with van der Waals surface area (Å²) < 4.78 is 24.0. The Balaban J connectivity index is 3.23. The third-order valence-electron chi connectivity index (χ3n) is 2.25. The van der Waals surface area contributed by atoms with Gasteiger partial charge in [-0.25, -0.2) is 8.42 Å². The standard InChI is InChI=1S/C11H15ClN2O5S/c1-7-9(12)5-8(6-10(7)14(15)16)20(17,18)13-19-11(2,3)4/h5-6,13H,1-4H3. The highest BCUT2D eigenvalue weighted by Gasteiger charge is 2.24. The van der Waals surface area contributed by atoms with Gasteiger partial charge in [-0.3, -0.25) is 15.0 Å². The van der Waals surface area contributed by atoms with Gasteiger partial charge in [0.1, 0.15) is 0 Å². The second-order valence-corrected chi connectivity index (χ2v) is 7.16. The van der Waals surface area contributed by atoms with E-state index in [1.807, 2.05) is 4.89 Å².